The van der Waals surface area contributed by atoms with Gasteiger partial charge in [0.25, 0.3) is 0 Å². The van der Waals surface area contributed by atoms with Crippen molar-refractivity contribution in [3.05, 3.63) is 35.6 Å². The molecule has 1 nitrogen and oxygen atoms in total. The van der Waals surface area contributed by atoms with E-state index < -0.39 is 5.82 Å². The monoisotopic (exact) mass is 206 g/mol. The quantitative estimate of drug-likeness (QED) is 0.691. The topological polar surface area (TPSA) is 17.1 Å². The molecular formula is C13H15FO. The van der Waals surface area contributed by atoms with Crippen molar-refractivity contribution in [3.63, 3.8) is 0 Å². The molecule has 0 N–H and O–H groups in total. The molecule has 2 rings (SSSR count). The molecule has 0 aromatic heterocycles. The van der Waals surface area contributed by atoms with Crippen molar-refractivity contribution in [2.24, 2.45) is 5.41 Å². The molecule has 0 saturated heterocycles. The molecule has 0 amide bonds. The number of rotatable bonds is 3. The van der Waals surface area contributed by atoms with Gasteiger partial charge >= 0.3 is 0 Å². The van der Waals surface area contributed by atoms with Gasteiger partial charge in [-0.25, -0.2) is 4.39 Å². The van der Waals surface area contributed by atoms with Crippen molar-refractivity contribution in [3.8, 4) is 0 Å². The Morgan fingerprint density at radius 2 is 2.07 bits per heavy atom. The van der Waals surface area contributed by atoms with Crippen molar-refractivity contribution in [1.29, 1.82) is 0 Å². The second kappa shape index (κ2) is 3.76. The number of hydrogen-bond acceptors (Lipinski definition) is 1. The minimum atomic E-state index is -0.398. The molecule has 1 aliphatic carbocycles. The van der Waals surface area contributed by atoms with Crippen molar-refractivity contribution < 1.29 is 9.18 Å². The predicted octanol–water partition coefficient (Wildman–Crippen LogP) is 3.59. The highest BCUT2D eigenvalue weighted by molar-refractivity contribution is 5.96. The Balaban J connectivity index is 2.11. The summed E-state index contributed by atoms with van der Waals surface area (Å²) in [5.74, 6) is -0.458. The molecule has 1 fully saturated rings. The Morgan fingerprint density at radius 3 is 2.60 bits per heavy atom. The predicted molar refractivity (Wildman–Crippen MR) is 57.3 cm³/mol. The molecule has 0 atom stereocenters. The summed E-state index contributed by atoms with van der Waals surface area (Å²) in [5.41, 5.74) is 0.366. The summed E-state index contributed by atoms with van der Waals surface area (Å²) in [6, 6.07) is 6.23. The van der Waals surface area contributed by atoms with Crippen molar-refractivity contribution in [2.75, 3.05) is 0 Å². The van der Waals surface area contributed by atoms with Gasteiger partial charge in [-0.3, -0.25) is 4.79 Å². The Labute approximate surface area is 89.3 Å². The number of carbonyl (C=O) groups is 1. The first-order chi connectivity index (χ1) is 7.11. The van der Waals surface area contributed by atoms with Gasteiger partial charge in [0.05, 0.1) is 5.56 Å². The van der Waals surface area contributed by atoms with E-state index in [2.05, 4.69) is 6.92 Å². The fraction of sp³-hybridized carbons (Fsp3) is 0.462. The molecule has 1 aliphatic rings. The minimum absolute atomic E-state index is 0.0599. The SMILES string of the molecule is CC1(CC(=O)c2ccccc2F)CCC1. The van der Waals surface area contributed by atoms with Crippen LogP contribution in [0.5, 0.6) is 0 Å². The zero-order valence-corrected chi connectivity index (χ0v) is 8.92. The van der Waals surface area contributed by atoms with Crippen molar-refractivity contribution in [2.45, 2.75) is 32.6 Å². The van der Waals surface area contributed by atoms with Crippen molar-refractivity contribution in [1.82, 2.24) is 0 Å². The van der Waals surface area contributed by atoms with Gasteiger partial charge in [-0.05, 0) is 30.4 Å². The molecule has 2 heteroatoms. The minimum Gasteiger partial charge on any atom is -0.294 e. The largest absolute Gasteiger partial charge is 0.294 e. The van der Waals surface area contributed by atoms with Crippen LogP contribution < -0.4 is 0 Å². The summed E-state index contributed by atoms with van der Waals surface area (Å²) in [7, 11) is 0. The average molecular weight is 206 g/mol. The van der Waals surface area contributed by atoms with E-state index in [0.717, 1.165) is 12.8 Å². The van der Waals surface area contributed by atoms with Crippen LogP contribution in [0.4, 0.5) is 4.39 Å². The van der Waals surface area contributed by atoms with E-state index >= 15 is 0 Å². The number of halogens is 1. The number of Topliss-reactive ketones (excluding diaryl/α,β-unsaturated/α-hetero) is 1. The van der Waals surface area contributed by atoms with Crippen LogP contribution in [0.1, 0.15) is 43.0 Å². The molecule has 15 heavy (non-hydrogen) atoms. The van der Waals surface area contributed by atoms with Crippen LogP contribution in [-0.4, -0.2) is 5.78 Å². The number of hydrogen-bond donors (Lipinski definition) is 0. The molecule has 0 heterocycles. The summed E-state index contributed by atoms with van der Waals surface area (Å²) in [6.45, 7) is 2.11. The van der Waals surface area contributed by atoms with E-state index in [4.69, 9.17) is 0 Å². The van der Waals surface area contributed by atoms with Crippen LogP contribution in [0.25, 0.3) is 0 Å². The first kappa shape index (κ1) is 10.3. The standard InChI is InChI=1S/C13H15FO/c1-13(7-4-8-13)9-12(15)10-5-2-3-6-11(10)14/h2-3,5-6H,4,7-9H2,1H3. The molecule has 0 spiro atoms. The van der Waals surface area contributed by atoms with Gasteiger partial charge in [0, 0.05) is 6.42 Å². The van der Waals surface area contributed by atoms with Crippen molar-refractivity contribution >= 4 is 5.78 Å². The Bertz CT molecular complexity index is 380. The van der Waals surface area contributed by atoms with Gasteiger partial charge in [0.15, 0.2) is 5.78 Å². The molecule has 80 valence electrons. The molecule has 1 aromatic rings. The maximum absolute atomic E-state index is 13.3. The zero-order valence-electron chi connectivity index (χ0n) is 8.92. The smallest absolute Gasteiger partial charge is 0.166 e. The van der Waals surface area contributed by atoms with E-state index in [1.54, 1.807) is 18.2 Å². The van der Waals surface area contributed by atoms with E-state index in [9.17, 15) is 9.18 Å². The lowest BCUT2D eigenvalue weighted by Gasteiger charge is -2.37. The van der Waals surface area contributed by atoms with Gasteiger partial charge in [0.1, 0.15) is 5.82 Å². The molecule has 0 unspecified atom stereocenters. The number of benzene rings is 1. The van der Waals surface area contributed by atoms with Gasteiger partial charge < -0.3 is 0 Å². The lowest BCUT2D eigenvalue weighted by molar-refractivity contribution is 0.0812. The first-order valence-electron chi connectivity index (χ1n) is 5.38. The number of ketones is 1. The third-order valence-electron chi connectivity index (χ3n) is 3.32. The van der Waals surface area contributed by atoms with E-state index in [0.29, 0.717) is 6.42 Å². The Kier molecular flexibility index (Phi) is 2.59. The molecule has 0 aliphatic heterocycles. The zero-order chi connectivity index (χ0) is 10.9. The van der Waals surface area contributed by atoms with Gasteiger partial charge in [-0.15, -0.1) is 0 Å². The Hall–Kier alpha value is -1.18. The summed E-state index contributed by atoms with van der Waals surface area (Å²) in [5, 5.41) is 0. The normalized spacial score (nSPS) is 18.3. The fourth-order valence-corrected chi connectivity index (χ4v) is 2.13. The Morgan fingerprint density at radius 1 is 1.40 bits per heavy atom. The molecule has 1 aromatic carbocycles. The molecule has 0 radical (unpaired) electrons. The van der Waals surface area contributed by atoms with Gasteiger partial charge in [-0.1, -0.05) is 25.5 Å². The summed E-state index contributed by atoms with van der Waals surface area (Å²) < 4.78 is 13.3. The van der Waals surface area contributed by atoms with Crippen LogP contribution in [0.2, 0.25) is 0 Å². The second-order valence-corrected chi connectivity index (χ2v) is 4.74. The highest BCUT2D eigenvalue weighted by Gasteiger charge is 2.34. The van der Waals surface area contributed by atoms with Gasteiger partial charge in [-0.2, -0.15) is 0 Å². The first-order valence-corrected chi connectivity index (χ1v) is 5.38. The third kappa shape index (κ3) is 2.09. The maximum Gasteiger partial charge on any atom is 0.166 e. The van der Waals surface area contributed by atoms with Crippen LogP contribution in [0.15, 0.2) is 24.3 Å². The van der Waals surface area contributed by atoms with E-state index in [1.165, 1.54) is 12.5 Å². The maximum atomic E-state index is 13.3. The lowest BCUT2D eigenvalue weighted by atomic mass is 9.67. The highest BCUT2D eigenvalue weighted by atomic mass is 19.1. The van der Waals surface area contributed by atoms with Crippen LogP contribution in [-0.2, 0) is 0 Å². The number of carbonyl (C=O) groups excluding carboxylic acids is 1. The second-order valence-electron chi connectivity index (χ2n) is 4.74. The fourth-order valence-electron chi connectivity index (χ4n) is 2.13. The summed E-state index contributed by atoms with van der Waals surface area (Å²) >= 11 is 0. The summed E-state index contributed by atoms with van der Waals surface area (Å²) in [6.07, 6.45) is 3.86. The summed E-state index contributed by atoms with van der Waals surface area (Å²) in [4.78, 5) is 11.8. The van der Waals surface area contributed by atoms with Gasteiger partial charge in [0.2, 0.25) is 0 Å². The molecule has 0 bridgehead atoms. The van der Waals surface area contributed by atoms with Crippen LogP contribution in [0.3, 0.4) is 0 Å². The third-order valence-corrected chi connectivity index (χ3v) is 3.32. The molecular weight excluding hydrogens is 191 g/mol. The molecule has 1 saturated carbocycles. The van der Waals surface area contributed by atoms with E-state index in [-0.39, 0.29) is 16.8 Å². The highest BCUT2D eigenvalue weighted by Crippen LogP contribution is 2.44. The van der Waals surface area contributed by atoms with Crippen LogP contribution >= 0.6 is 0 Å². The lowest BCUT2D eigenvalue weighted by Crippen LogP contribution is -2.28. The van der Waals surface area contributed by atoms with Crippen LogP contribution in [0, 0.1) is 11.2 Å². The van der Waals surface area contributed by atoms with E-state index in [1.807, 2.05) is 0 Å². The average Bonchev–Trinajstić information content (AvgIpc) is 2.16.